The fourth-order valence-corrected chi connectivity index (χ4v) is 3.05. The Kier molecular flexibility index (Phi) is 9.33. The topological polar surface area (TPSA) is 35.5 Å². The highest BCUT2D eigenvalue weighted by atomic mass is 16.5. The lowest BCUT2D eigenvalue weighted by Gasteiger charge is -2.13. The van der Waals surface area contributed by atoms with Gasteiger partial charge in [0.05, 0.1) is 18.8 Å². The Balaban J connectivity index is 1.59. The van der Waals surface area contributed by atoms with Crippen LogP contribution < -0.4 is 0 Å². The fourth-order valence-electron chi connectivity index (χ4n) is 3.05. The average Bonchev–Trinajstić information content (AvgIpc) is 2.85. The molecule has 0 aromatic heterocycles. The highest BCUT2D eigenvalue weighted by Crippen LogP contribution is 2.11. The normalized spacial score (nSPS) is 11.8. The second-order valence-corrected chi connectivity index (χ2v) is 7.44. The lowest BCUT2D eigenvalue weighted by molar-refractivity contribution is 0.0397. The molecule has 1 unspecified atom stereocenters. The molecule has 1 atom stereocenters. The molecule has 3 aromatic rings. The molecule has 0 saturated carbocycles. The van der Waals surface area contributed by atoms with E-state index in [1.54, 1.807) is 12.1 Å². The second kappa shape index (κ2) is 12.9. The third-order valence-corrected chi connectivity index (χ3v) is 4.85. The molecule has 0 saturated heterocycles. The number of esters is 1. The van der Waals surface area contributed by atoms with Crippen molar-refractivity contribution in [2.24, 2.45) is 0 Å². The van der Waals surface area contributed by atoms with E-state index in [0.717, 1.165) is 17.6 Å². The molecule has 0 spiro atoms. The van der Waals surface area contributed by atoms with E-state index in [1.807, 2.05) is 79.7 Å². The summed E-state index contributed by atoms with van der Waals surface area (Å²) in [6.45, 7) is 2.98. The second-order valence-electron chi connectivity index (χ2n) is 7.44. The quantitative estimate of drug-likeness (QED) is 0.240. The van der Waals surface area contributed by atoms with Crippen molar-refractivity contribution in [3.05, 3.63) is 119 Å². The smallest absolute Gasteiger partial charge is 0.339 e. The summed E-state index contributed by atoms with van der Waals surface area (Å²) in [4.78, 5) is 12.5. The van der Waals surface area contributed by atoms with Crippen molar-refractivity contribution in [2.45, 2.75) is 32.5 Å². The van der Waals surface area contributed by atoms with Gasteiger partial charge in [0.2, 0.25) is 0 Å². The summed E-state index contributed by atoms with van der Waals surface area (Å²) in [5, 5.41) is 0. The highest BCUT2D eigenvalue weighted by Gasteiger charge is 2.14. The SMILES string of the molecule is C/C(C#CC(CCc1ccccc1)OC(=O)c1ccccc1)=C\COCc1ccccc1. The molecule has 3 aromatic carbocycles. The first-order valence-corrected chi connectivity index (χ1v) is 10.8. The summed E-state index contributed by atoms with van der Waals surface area (Å²) >= 11 is 0. The van der Waals surface area contributed by atoms with Gasteiger partial charge in [-0.25, -0.2) is 4.79 Å². The van der Waals surface area contributed by atoms with E-state index in [2.05, 4.69) is 24.0 Å². The predicted molar refractivity (Wildman–Crippen MR) is 128 cm³/mol. The molecule has 0 aliphatic rings. The average molecular weight is 425 g/mol. The predicted octanol–water partition coefficient (Wildman–Crippen LogP) is 6.01. The van der Waals surface area contributed by atoms with Crippen molar-refractivity contribution >= 4 is 5.97 Å². The molecule has 0 bridgehead atoms. The zero-order valence-corrected chi connectivity index (χ0v) is 18.4. The number of carbonyl (C=O) groups is 1. The van der Waals surface area contributed by atoms with E-state index in [0.29, 0.717) is 25.2 Å². The molecule has 0 N–H and O–H groups in total. The van der Waals surface area contributed by atoms with Gasteiger partial charge in [0.15, 0.2) is 6.10 Å². The first-order chi connectivity index (χ1) is 15.7. The van der Waals surface area contributed by atoms with E-state index in [4.69, 9.17) is 9.47 Å². The van der Waals surface area contributed by atoms with Crippen LogP contribution in [0.1, 0.15) is 34.8 Å². The van der Waals surface area contributed by atoms with Crippen LogP contribution in [0.25, 0.3) is 0 Å². The summed E-state index contributed by atoms with van der Waals surface area (Å²) in [7, 11) is 0. The van der Waals surface area contributed by atoms with Crippen molar-refractivity contribution in [2.75, 3.05) is 6.61 Å². The summed E-state index contributed by atoms with van der Waals surface area (Å²) in [5.74, 6) is 5.90. The van der Waals surface area contributed by atoms with Crippen molar-refractivity contribution in [3.63, 3.8) is 0 Å². The Morgan fingerprint density at radius 3 is 2.12 bits per heavy atom. The van der Waals surface area contributed by atoms with Crippen LogP contribution in [0.2, 0.25) is 0 Å². The van der Waals surface area contributed by atoms with Crippen LogP contribution in [-0.2, 0) is 22.5 Å². The summed E-state index contributed by atoms with van der Waals surface area (Å²) < 4.78 is 11.4. The van der Waals surface area contributed by atoms with Crippen molar-refractivity contribution in [1.82, 2.24) is 0 Å². The molecule has 3 rings (SSSR count). The minimum atomic E-state index is -0.489. The van der Waals surface area contributed by atoms with Crippen LogP contribution in [0, 0.1) is 11.8 Å². The molecule has 0 radical (unpaired) electrons. The first-order valence-electron chi connectivity index (χ1n) is 10.8. The number of ether oxygens (including phenoxy) is 2. The van der Waals surface area contributed by atoms with Crippen LogP contribution in [0.15, 0.2) is 103 Å². The number of rotatable bonds is 9. The van der Waals surface area contributed by atoms with E-state index in [1.165, 1.54) is 5.56 Å². The fraction of sp³-hybridized carbons (Fsp3) is 0.207. The summed E-state index contributed by atoms with van der Waals surface area (Å²) in [5.41, 5.74) is 3.74. The van der Waals surface area contributed by atoms with Gasteiger partial charge in [0, 0.05) is 0 Å². The standard InChI is InChI=1S/C29H28O3/c1-24(21-22-31-23-26-13-7-3-8-14-26)17-19-28(20-18-25-11-5-2-6-12-25)32-29(30)27-15-9-4-10-16-27/h2-16,21,28H,18,20,22-23H2,1H3/b24-21+. The molecule has 3 nitrogen and oxygen atoms in total. The molecule has 0 fully saturated rings. The highest BCUT2D eigenvalue weighted by molar-refractivity contribution is 5.89. The Morgan fingerprint density at radius 1 is 0.875 bits per heavy atom. The van der Waals surface area contributed by atoms with Crippen LogP contribution in [-0.4, -0.2) is 18.7 Å². The number of allylic oxidation sites excluding steroid dienone is 1. The molecule has 0 aliphatic heterocycles. The minimum absolute atomic E-state index is 0.356. The molecule has 3 heteroatoms. The lowest BCUT2D eigenvalue weighted by Crippen LogP contribution is -2.17. The molecule has 0 amide bonds. The molecule has 0 aliphatic carbocycles. The maximum absolute atomic E-state index is 12.5. The van der Waals surface area contributed by atoms with Crippen LogP contribution >= 0.6 is 0 Å². The Morgan fingerprint density at radius 2 is 1.47 bits per heavy atom. The van der Waals surface area contributed by atoms with Crippen molar-refractivity contribution in [3.8, 4) is 11.8 Å². The Labute approximate surface area is 190 Å². The minimum Gasteiger partial charge on any atom is -0.446 e. The monoisotopic (exact) mass is 424 g/mol. The molecular formula is C29H28O3. The summed E-state index contributed by atoms with van der Waals surface area (Å²) in [6, 6.07) is 29.2. The van der Waals surface area contributed by atoms with Crippen LogP contribution in [0.4, 0.5) is 0 Å². The largest absolute Gasteiger partial charge is 0.446 e. The van der Waals surface area contributed by atoms with Gasteiger partial charge in [-0.1, -0.05) is 90.7 Å². The third kappa shape index (κ3) is 8.26. The molecular weight excluding hydrogens is 396 g/mol. The third-order valence-electron chi connectivity index (χ3n) is 4.85. The first kappa shape index (κ1) is 23.1. The number of benzene rings is 3. The van der Waals surface area contributed by atoms with Gasteiger partial charge in [-0.3, -0.25) is 0 Å². The van der Waals surface area contributed by atoms with Gasteiger partial charge in [-0.2, -0.15) is 0 Å². The maximum atomic E-state index is 12.5. The number of hydrogen-bond acceptors (Lipinski definition) is 3. The Bertz CT molecular complexity index is 1050. The van der Waals surface area contributed by atoms with Gasteiger partial charge in [-0.15, -0.1) is 0 Å². The number of carbonyl (C=O) groups excluding carboxylic acids is 1. The van der Waals surface area contributed by atoms with Gasteiger partial charge >= 0.3 is 5.97 Å². The van der Waals surface area contributed by atoms with E-state index in [-0.39, 0.29) is 5.97 Å². The van der Waals surface area contributed by atoms with Crippen LogP contribution in [0.3, 0.4) is 0 Å². The van der Waals surface area contributed by atoms with Crippen LogP contribution in [0.5, 0.6) is 0 Å². The Hall–Kier alpha value is -3.61. The van der Waals surface area contributed by atoms with Gasteiger partial charge in [-0.05, 0) is 54.7 Å². The zero-order valence-electron chi connectivity index (χ0n) is 18.4. The maximum Gasteiger partial charge on any atom is 0.339 e. The van der Waals surface area contributed by atoms with Gasteiger partial charge in [0.1, 0.15) is 0 Å². The van der Waals surface area contributed by atoms with Crippen molar-refractivity contribution < 1.29 is 14.3 Å². The van der Waals surface area contributed by atoms with E-state index >= 15 is 0 Å². The molecule has 162 valence electrons. The number of hydrogen-bond donors (Lipinski definition) is 0. The summed E-state index contributed by atoms with van der Waals surface area (Å²) in [6.07, 6.45) is 2.87. The lowest BCUT2D eigenvalue weighted by atomic mass is 10.1. The number of aryl methyl sites for hydroxylation is 1. The van der Waals surface area contributed by atoms with Crippen molar-refractivity contribution in [1.29, 1.82) is 0 Å². The van der Waals surface area contributed by atoms with Gasteiger partial charge < -0.3 is 9.47 Å². The molecule has 32 heavy (non-hydrogen) atoms. The molecule has 0 heterocycles. The van der Waals surface area contributed by atoms with E-state index < -0.39 is 6.10 Å². The van der Waals surface area contributed by atoms with E-state index in [9.17, 15) is 4.79 Å². The van der Waals surface area contributed by atoms with Gasteiger partial charge in [0.25, 0.3) is 0 Å². The zero-order chi connectivity index (χ0) is 22.4.